The highest BCUT2D eigenvalue weighted by atomic mass is 16.5. The number of hydrogen-bond donors (Lipinski definition) is 2. The number of rotatable bonds is 5. The molecule has 2 rings (SSSR count). The van der Waals surface area contributed by atoms with Gasteiger partial charge in [0.1, 0.15) is 5.75 Å². The van der Waals surface area contributed by atoms with Crippen LogP contribution < -0.4 is 10.5 Å². The smallest absolute Gasteiger partial charge is 0.123 e. The molecule has 1 aromatic rings. The second kappa shape index (κ2) is 5.49. The van der Waals surface area contributed by atoms with Crippen LogP contribution >= 0.6 is 0 Å². The Labute approximate surface area is 115 Å². The Kier molecular flexibility index (Phi) is 4.13. The van der Waals surface area contributed by atoms with Crippen LogP contribution in [0.5, 0.6) is 5.75 Å². The van der Waals surface area contributed by atoms with Crippen LogP contribution in [0.25, 0.3) is 0 Å². The summed E-state index contributed by atoms with van der Waals surface area (Å²) in [7, 11) is 1.70. The Morgan fingerprint density at radius 3 is 2.79 bits per heavy atom. The molecule has 0 saturated carbocycles. The number of fused-ring (bicyclic) bond motifs is 1. The molecule has 0 bridgehead atoms. The molecule has 1 atom stereocenters. The number of methoxy groups -OCH3 is 1. The number of ether oxygens (including phenoxy) is 1. The summed E-state index contributed by atoms with van der Waals surface area (Å²) >= 11 is 0. The molecular formula is C15H24N2O2. The largest absolute Gasteiger partial charge is 0.496 e. The Morgan fingerprint density at radius 2 is 2.21 bits per heavy atom. The molecule has 19 heavy (non-hydrogen) atoms. The van der Waals surface area contributed by atoms with Crippen molar-refractivity contribution in [2.75, 3.05) is 26.8 Å². The Morgan fingerprint density at radius 1 is 1.47 bits per heavy atom. The van der Waals surface area contributed by atoms with Gasteiger partial charge in [0.25, 0.3) is 0 Å². The van der Waals surface area contributed by atoms with E-state index in [2.05, 4.69) is 24.8 Å². The molecule has 4 nitrogen and oxygen atoms in total. The fourth-order valence-corrected chi connectivity index (χ4v) is 2.81. The van der Waals surface area contributed by atoms with Gasteiger partial charge >= 0.3 is 0 Å². The maximum absolute atomic E-state index is 9.45. The molecular weight excluding hydrogens is 240 g/mol. The average Bonchev–Trinajstić information content (AvgIpc) is 2.74. The zero-order valence-electron chi connectivity index (χ0n) is 12.0. The lowest BCUT2D eigenvalue weighted by atomic mass is 9.93. The summed E-state index contributed by atoms with van der Waals surface area (Å²) < 4.78 is 5.44. The monoisotopic (exact) mass is 264 g/mol. The van der Waals surface area contributed by atoms with Crippen molar-refractivity contribution in [3.8, 4) is 5.75 Å². The summed E-state index contributed by atoms with van der Waals surface area (Å²) in [5.74, 6) is 0.931. The second-order valence-electron chi connectivity index (χ2n) is 6.01. The van der Waals surface area contributed by atoms with Crippen LogP contribution in [0, 0.1) is 5.41 Å². The molecule has 1 aromatic carbocycles. The van der Waals surface area contributed by atoms with Crippen LogP contribution in [0.3, 0.4) is 0 Å². The van der Waals surface area contributed by atoms with Crippen molar-refractivity contribution in [2.45, 2.75) is 26.4 Å². The molecule has 106 valence electrons. The van der Waals surface area contributed by atoms with E-state index in [0.29, 0.717) is 6.54 Å². The average molecular weight is 264 g/mol. The van der Waals surface area contributed by atoms with Crippen LogP contribution in [0.15, 0.2) is 18.2 Å². The number of aliphatic hydroxyl groups excluding tert-OH is 1. The van der Waals surface area contributed by atoms with Crippen LogP contribution in [0.4, 0.5) is 0 Å². The van der Waals surface area contributed by atoms with Gasteiger partial charge in [-0.3, -0.25) is 4.90 Å². The van der Waals surface area contributed by atoms with Crippen molar-refractivity contribution in [3.63, 3.8) is 0 Å². The van der Waals surface area contributed by atoms with E-state index in [4.69, 9.17) is 10.5 Å². The fraction of sp³-hybridized carbons (Fsp3) is 0.600. The van der Waals surface area contributed by atoms with Crippen molar-refractivity contribution in [2.24, 2.45) is 11.1 Å². The lowest BCUT2D eigenvalue weighted by Crippen LogP contribution is -2.37. The first kappa shape index (κ1) is 14.3. The van der Waals surface area contributed by atoms with E-state index in [1.54, 1.807) is 7.11 Å². The summed E-state index contributed by atoms with van der Waals surface area (Å²) in [5, 5.41) is 9.45. The van der Waals surface area contributed by atoms with Gasteiger partial charge in [-0.15, -0.1) is 0 Å². The van der Waals surface area contributed by atoms with Crippen molar-refractivity contribution < 1.29 is 9.84 Å². The van der Waals surface area contributed by atoms with E-state index in [0.717, 1.165) is 18.8 Å². The first-order valence-corrected chi connectivity index (χ1v) is 6.73. The van der Waals surface area contributed by atoms with E-state index in [9.17, 15) is 5.11 Å². The highest BCUT2D eigenvalue weighted by molar-refractivity contribution is 5.45. The minimum atomic E-state index is -0.122. The zero-order chi connectivity index (χ0) is 14.0. The predicted octanol–water partition coefficient (Wildman–Crippen LogP) is 1.53. The van der Waals surface area contributed by atoms with E-state index >= 15 is 0 Å². The van der Waals surface area contributed by atoms with Gasteiger partial charge in [0, 0.05) is 43.3 Å². The third-order valence-electron chi connectivity index (χ3n) is 3.83. The quantitative estimate of drug-likeness (QED) is 0.847. The highest BCUT2D eigenvalue weighted by Crippen LogP contribution is 2.39. The molecule has 0 amide bonds. The summed E-state index contributed by atoms with van der Waals surface area (Å²) in [5.41, 5.74) is 8.31. The first-order valence-electron chi connectivity index (χ1n) is 6.73. The maximum atomic E-state index is 9.45. The van der Waals surface area contributed by atoms with Crippen molar-refractivity contribution in [1.29, 1.82) is 0 Å². The van der Waals surface area contributed by atoms with Gasteiger partial charge in [0.2, 0.25) is 0 Å². The summed E-state index contributed by atoms with van der Waals surface area (Å²) in [6.07, 6.45) is 0. The molecule has 0 saturated heterocycles. The fourth-order valence-electron chi connectivity index (χ4n) is 2.81. The van der Waals surface area contributed by atoms with E-state index in [1.165, 1.54) is 11.1 Å². The Balaban J connectivity index is 2.27. The second-order valence-corrected chi connectivity index (χ2v) is 6.01. The lowest BCUT2D eigenvalue weighted by Gasteiger charge is -2.32. The van der Waals surface area contributed by atoms with E-state index < -0.39 is 0 Å². The number of nitrogens with zero attached hydrogens (tertiary/aromatic N) is 1. The molecule has 1 aliphatic heterocycles. The summed E-state index contributed by atoms with van der Waals surface area (Å²) in [6, 6.07) is 6.35. The molecule has 0 aliphatic carbocycles. The number of aliphatic hydroxyl groups is 1. The Bertz CT molecular complexity index is 446. The molecule has 1 heterocycles. The SMILES string of the molecule is COc1cccc2c1CN(CC(C)(C)CO)C2CN. The maximum Gasteiger partial charge on any atom is 0.123 e. The summed E-state index contributed by atoms with van der Waals surface area (Å²) in [6.45, 7) is 6.56. The molecule has 4 heteroatoms. The van der Waals surface area contributed by atoms with Gasteiger partial charge in [-0.2, -0.15) is 0 Å². The zero-order valence-corrected chi connectivity index (χ0v) is 12.0. The predicted molar refractivity (Wildman–Crippen MR) is 76.1 cm³/mol. The van der Waals surface area contributed by atoms with Gasteiger partial charge in [-0.1, -0.05) is 26.0 Å². The van der Waals surface area contributed by atoms with Gasteiger partial charge in [-0.05, 0) is 11.6 Å². The summed E-state index contributed by atoms with van der Waals surface area (Å²) in [4.78, 5) is 2.34. The van der Waals surface area contributed by atoms with Gasteiger partial charge < -0.3 is 15.6 Å². The third-order valence-corrected chi connectivity index (χ3v) is 3.83. The lowest BCUT2D eigenvalue weighted by molar-refractivity contribution is 0.0844. The van der Waals surface area contributed by atoms with Gasteiger partial charge in [0.05, 0.1) is 7.11 Å². The molecule has 0 fully saturated rings. The van der Waals surface area contributed by atoms with Crippen LogP contribution in [-0.4, -0.2) is 36.8 Å². The molecule has 0 aromatic heterocycles. The van der Waals surface area contributed by atoms with Crippen molar-refractivity contribution in [3.05, 3.63) is 29.3 Å². The standard InChI is InChI=1S/C15H24N2O2/c1-15(2,10-18)9-17-8-12-11(13(17)7-16)5-4-6-14(12)19-3/h4-6,13,18H,7-10,16H2,1-3H3. The number of hydrogen-bond acceptors (Lipinski definition) is 4. The topological polar surface area (TPSA) is 58.7 Å². The normalized spacial score (nSPS) is 19.5. The minimum Gasteiger partial charge on any atom is -0.496 e. The number of nitrogens with two attached hydrogens (primary N) is 1. The van der Waals surface area contributed by atoms with Crippen LogP contribution in [0.1, 0.15) is 31.0 Å². The van der Waals surface area contributed by atoms with Crippen LogP contribution in [-0.2, 0) is 6.54 Å². The molecule has 0 radical (unpaired) electrons. The first-order chi connectivity index (χ1) is 9.02. The minimum absolute atomic E-state index is 0.122. The molecule has 1 unspecified atom stereocenters. The molecule has 0 spiro atoms. The van der Waals surface area contributed by atoms with E-state index in [-0.39, 0.29) is 18.1 Å². The van der Waals surface area contributed by atoms with E-state index in [1.807, 2.05) is 12.1 Å². The molecule has 1 aliphatic rings. The third kappa shape index (κ3) is 2.76. The highest BCUT2D eigenvalue weighted by Gasteiger charge is 2.34. The van der Waals surface area contributed by atoms with Crippen molar-refractivity contribution in [1.82, 2.24) is 4.90 Å². The molecule has 3 N–H and O–H groups in total. The van der Waals surface area contributed by atoms with Gasteiger partial charge in [0.15, 0.2) is 0 Å². The number of benzene rings is 1. The van der Waals surface area contributed by atoms with Crippen LogP contribution in [0.2, 0.25) is 0 Å². The van der Waals surface area contributed by atoms with Crippen molar-refractivity contribution >= 4 is 0 Å². The van der Waals surface area contributed by atoms with Gasteiger partial charge in [-0.25, -0.2) is 0 Å². The Hall–Kier alpha value is -1.10.